The predicted octanol–water partition coefficient (Wildman–Crippen LogP) is 3.10. The summed E-state index contributed by atoms with van der Waals surface area (Å²) in [6.07, 6.45) is -0.239. The zero-order valence-corrected chi connectivity index (χ0v) is 16.2. The van der Waals surface area contributed by atoms with Gasteiger partial charge in [0.2, 0.25) is 0 Å². The van der Waals surface area contributed by atoms with Gasteiger partial charge in [0.05, 0.1) is 24.8 Å². The Morgan fingerprint density at radius 3 is 2.24 bits per heavy atom. The lowest BCUT2D eigenvalue weighted by Gasteiger charge is -2.30. The van der Waals surface area contributed by atoms with Crippen LogP contribution in [0.2, 0.25) is 0 Å². The topological polar surface area (TPSA) is 104 Å². The van der Waals surface area contributed by atoms with Gasteiger partial charge in [-0.25, -0.2) is 4.99 Å². The lowest BCUT2D eigenvalue weighted by Crippen LogP contribution is -2.42. The molecule has 2 aromatic carbocycles. The van der Waals surface area contributed by atoms with E-state index in [2.05, 4.69) is 17.1 Å². The molecule has 1 spiro atoms. The van der Waals surface area contributed by atoms with Gasteiger partial charge in [0.15, 0.2) is 10.8 Å². The first-order valence-electron chi connectivity index (χ1n) is 9.58. The molecule has 5 rings (SSSR count). The monoisotopic (exact) mass is 384 g/mol. The average molecular weight is 384 g/mol. The van der Waals surface area contributed by atoms with Crippen molar-refractivity contribution in [1.82, 2.24) is 0 Å². The SMILES string of the molecule is C[C@@H]1CO[C@@]2(N=C(N)[C@@]3(C#N)[C@](C)(c4ccc(-c5ccccc5)cc4)[C@@]23C#N)O1. The van der Waals surface area contributed by atoms with Gasteiger partial charge >= 0.3 is 0 Å². The number of nitrogens with two attached hydrogens (primary N) is 1. The Labute approximate surface area is 169 Å². The van der Waals surface area contributed by atoms with Crippen LogP contribution in [0.1, 0.15) is 19.4 Å². The van der Waals surface area contributed by atoms with Crippen molar-refractivity contribution >= 4 is 5.84 Å². The smallest absolute Gasteiger partial charge is 0.294 e. The highest BCUT2D eigenvalue weighted by Crippen LogP contribution is 2.85. The van der Waals surface area contributed by atoms with Crippen molar-refractivity contribution in [3.05, 3.63) is 60.2 Å². The minimum atomic E-state index is -1.55. The van der Waals surface area contributed by atoms with Gasteiger partial charge in [-0.1, -0.05) is 61.5 Å². The summed E-state index contributed by atoms with van der Waals surface area (Å²) in [4.78, 5) is 4.38. The second kappa shape index (κ2) is 5.45. The summed E-state index contributed by atoms with van der Waals surface area (Å²) in [5.41, 5.74) is 5.72. The van der Waals surface area contributed by atoms with Crippen LogP contribution in [0, 0.1) is 33.5 Å². The predicted molar refractivity (Wildman–Crippen MR) is 106 cm³/mol. The maximum Gasteiger partial charge on any atom is 0.294 e. The zero-order valence-electron chi connectivity index (χ0n) is 16.2. The van der Waals surface area contributed by atoms with Crippen molar-refractivity contribution < 1.29 is 9.47 Å². The first-order chi connectivity index (χ1) is 13.9. The lowest BCUT2D eigenvalue weighted by atomic mass is 9.84. The van der Waals surface area contributed by atoms with E-state index in [1.54, 1.807) is 0 Å². The number of hydrogen-bond donors (Lipinski definition) is 1. The van der Waals surface area contributed by atoms with E-state index in [0.29, 0.717) is 6.61 Å². The molecule has 6 heteroatoms. The molecule has 5 atom stereocenters. The summed E-state index contributed by atoms with van der Waals surface area (Å²) >= 11 is 0. The first-order valence-corrected chi connectivity index (χ1v) is 9.58. The van der Waals surface area contributed by atoms with Crippen molar-refractivity contribution in [3.8, 4) is 23.3 Å². The Morgan fingerprint density at radius 2 is 1.69 bits per heavy atom. The van der Waals surface area contributed by atoms with Gasteiger partial charge in [-0.05, 0) is 23.6 Å². The molecule has 2 aliphatic heterocycles. The Kier molecular flexibility index (Phi) is 3.36. The third kappa shape index (κ3) is 1.71. The van der Waals surface area contributed by atoms with Gasteiger partial charge in [0, 0.05) is 5.41 Å². The van der Waals surface area contributed by atoms with Crippen molar-refractivity contribution in [2.24, 2.45) is 21.6 Å². The third-order valence-electron chi connectivity index (χ3n) is 6.91. The van der Waals surface area contributed by atoms with Gasteiger partial charge in [-0.15, -0.1) is 0 Å². The van der Waals surface area contributed by atoms with E-state index in [0.717, 1.165) is 16.7 Å². The van der Waals surface area contributed by atoms with Crippen LogP contribution in [-0.2, 0) is 14.9 Å². The van der Waals surface area contributed by atoms with E-state index in [1.807, 2.05) is 68.4 Å². The molecule has 6 nitrogen and oxygen atoms in total. The molecule has 0 amide bonds. The molecule has 3 aliphatic rings. The second-order valence-electron chi connectivity index (χ2n) is 8.11. The van der Waals surface area contributed by atoms with Crippen LogP contribution in [0.4, 0.5) is 0 Å². The first kappa shape index (κ1) is 17.9. The number of aliphatic imine (C=N–C) groups is 1. The molecule has 0 unspecified atom stereocenters. The fraction of sp³-hybridized carbons (Fsp3) is 0.348. The van der Waals surface area contributed by atoms with Gasteiger partial charge in [0.1, 0.15) is 5.84 Å². The van der Waals surface area contributed by atoms with E-state index in [1.165, 1.54) is 0 Å². The van der Waals surface area contributed by atoms with E-state index >= 15 is 0 Å². The highest BCUT2D eigenvalue weighted by molar-refractivity contribution is 6.02. The van der Waals surface area contributed by atoms with Crippen LogP contribution >= 0.6 is 0 Å². The number of nitriles is 2. The minimum Gasteiger partial charge on any atom is -0.386 e. The summed E-state index contributed by atoms with van der Waals surface area (Å²) in [5, 5.41) is 20.5. The number of nitrogens with zero attached hydrogens (tertiary/aromatic N) is 3. The lowest BCUT2D eigenvalue weighted by molar-refractivity contribution is -0.196. The molecule has 2 heterocycles. The number of ether oxygens (including phenoxy) is 2. The van der Waals surface area contributed by atoms with Crippen molar-refractivity contribution in [2.45, 2.75) is 31.3 Å². The van der Waals surface area contributed by atoms with Crippen molar-refractivity contribution in [3.63, 3.8) is 0 Å². The summed E-state index contributed by atoms with van der Waals surface area (Å²) < 4.78 is 11.9. The summed E-state index contributed by atoms with van der Waals surface area (Å²) in [7, 11) is 0. The molecular weight excluding hydrogens is 364 g/mol. The Balaban J connectivity index is 1.65. The average Bonchev–Trinajstić information content (AvgIpc) is 2.92. The van der Waals surface area contributed by atoms with Crippen LogP contribution in [-0.4, -0.2) is 24.5 Å². The van der Waals surface area contributed by atoms with E-state index in [4.69, 9.17) is 15.2 Å². The molecule has 0 bridgehead atoms. The molecule has 0 aromatic heterocycles. The molecule has 1 saturated carbocycles. The third-order valence-corrected chi connectivity index (χ3v) is 6.91. The maximum atomic E-state index is 10.3. The van der Waals surface area contributed by atoms with Crippen LogP contribution in [0.5, 0.6) is 0 Å². The second-order valence-corrected chi connectivity index (χ2v) is 8.11. The molecule has 2 aromatic rings. The van der Waals surface area contributed by atoms with Crippen LogP contribution in [0.3, 0.4) is 0 Å². The summed E-state index contributed by atoms with van der Waals surface area (Å²) in [6, 6.07) is 22.6. The Morgan fingerprint density at radius 1 is 1.03 bits per heavy atom. The summed E-state index contributed by atoms with van der Waals surface area (Å²) in [5.74, 6) is -1.45. The van der Waals surface area contributed by atoms with Gasteiger partial charge < -0.3 is 15.2 Å². The molecule has 0 radical (unpaired) electrons. The van der Waals surface area contributed by atoms with Gasteiger partial charge in [-0.3, -0.25) is 0 Å². The molecule has 2 fully saturated rings. The number of fused-ring (bicyclic) bond motifs is 2. The molecule has 1 saturated heterocycles. The largest absolute Gasteiger partial charge is 0.386 e. The fourth-order valence-electron chi connectivity index (χ4n) is 5.45. The highest BCUT2D eigenvalue weighted by atomic mass is 16.8. The van der Waals surface area contributed by atoms with Crippen LogP contribution in [0.25, 0.3) is 11.1 Å². The molecule has 144 valence electrons. The Hall–Kier alpha value is -3.19. The fourth-order valence-corrected chi connectivity index (χ4v) is 5.45. The number of benzene rings is 2. The van der Waals surface area contributed by atoms with Crippen LogP contribution in [0.15, 0.2) is 59.6 Å². The van der Waals surface area contributed by atoms with Crippen LogP contribution < -0.4 is 5.73 Å². The molecule has 2 N–H and O–H groups in total. The number of hydrogen-bond acceptors (Lipinski definition) is 6. The number of rotatable bonds is 2. The van der Waals surface area contributed by atoms with Gasteiger partial charge in [-0.2, -0.15) is 10.5 Å². The van der Waals surface area contributed by atoms with E-state index in [-0.39, 0.29) is 11.9 Å². The minimum absolute atomic E-state index is 0.102. The molecule has 29 heavy (non-hydrogen) atoms. The highest BCUT2D eigenvalue weighted by Gasteiger charge is 3.00. The standard InChI is InChI=1S/C23H20N4O2/c1-15-12-28-23(29-15)22(14-25)20(2,21(22,13-24)19(26)27-23)18-10-8-17(9-11-18)16-6-4-3-5-7-16/h3-11,15H,12H2,1-2H3,(H2,26,27)/t15-,20+,21+,22-,23-/m1/s1. The van der Waals surface area contributed by atoms with E-state index in [9.17, 15) is 10.5 Å². The maximum absolute atomic E-state index is 10.3. The quantitative estimate of drug-likeness (QED) is 0.857. The summed E-state index contributed by atoms with van der Waals surface area (Å²) in [6.45, 7) is 4.03. The van der Waals surface area contributed by atoms with Gasteiger partial charge in [0.25, 0.3) is 5.91 Å². The molecule has 1 aliphatic carbocycles. The zero-order chi connectivity index (χ0) is 20.5. The van der Waals surface area contributed by atoms with E-state index < -0.39 is 22.2 Å². The Bertz CT molecular complexity index is 1120. The molecular formula is C23H20N4O2. The number of amidine groups is 1. The normalized spacial score (nSPS) is 39.4. The van der Waals surface area contributed by atoms with Crippen molar-refractivity contribution in [2.75, 3.05) is 6.61 Å². The van der Waals surface area contributed by atoms with Crippen molar-refractivity contribution in [1.29, 1.82) is 10.5 Å².